The molecular weight excluding hydrogens is 258 g/mol. The Balaban J connectivity index is 3.31. The molecule has 114 valence electrons. The number of methoxy groups -OCH3 is 1. The lowest BCUT2D eigenvalue weighted by molar-refractivity contribution is 0.203. The number of aromatic nitrogens is 2. The second-order valence-electron chi connectivity index (χ2n) is 4.84. The molecule has 0 aliphatic rings. The normalized spacial score (nSPS) is 13.6. The van der Waals surface area contributed by atoms with E-state index in [0.29, 0.717) is 18.2 Å². The molecule has 0 saturated heterocycles. The van der Waals surface area contributed by atoms with Crippen LogP contribution in [0.1, 0.15) is 31.5 Å². The maximum Gasteiger partial charge on any atom is 0.175 e. The second-order valence-corrected chi connectivity index (χ2v) is 4.84. The number of ether oxygens (including phenoxy) is 1. The van der Waals surface area contributed by atoms with Crippen molar-refractivity contribution in [2.75, 3.05) is 25.2 Å². The lowest BCUT2D eigenvalue weighted by Gasteiger charge is -2.31. The van der Waals surface area contributed by atoms with Gasteiger partial charge in [0.1, 0.15) is 5.82 Å². The summed E-state index contributed by atoms with van der Waals surface area (Å²) in [5.41, 5.74) is 7.22. The van der Waals surface area contributed by atoms with Gasteiger partial charge in [-0.05, 0) is 20.3 Å². The van der Waals surface area contributed by atoms with Crippen molar-refractivity contribution >= 4 is 11.7 Å². The molecule has 20 heavy (non-hydrogen) atoms. The Bertz CT molecular complexity index is 470. The van der Waals surface area contributed by atoms with E-state index < -0.39 is 0 Å². The van der Waals surface area contributed by atoms with Crippen molar-refractivity contribution in [1.82, 2.24) is 9.78 Å². The Labute approximate surface area is 120 Å². The summed E-state index contributed by atoms with van der Waals surface area (Å²) < 4.78 is 6.95. The highest BCUT2D eigenvalue weighted by Gasteiger charge is 2.24. The van der Waals surface area contributed by atoms with Gasteiger partial charge in [-0.15, -0.1) is 0 Å². The second kappa shape index (κ2) is 7.14. The van der Waals surface area contributed by atoms with Crippen molar-refractivity contribution < 1.29 is 9.94 Å². The average molecular weight is 283 g/mol. The summed E-state index contributed by atoms with van der Waals surface area (Å²) >= 11 is 0. The van der Waals surface area contributed by atoms with Crippen LogP contribution >= 0.6 is 0 Å². The first-order valence-electron chi connectivity index (χ1n) is 6.74. The van der Waals surface area contributed by atoms with Crippen LogP contribution in [-0.2, 0) is 11.8 Å². The van der Waals surface area contributed by atoms with Crippen LogP contribution in [0.15, 0.2) is 5.16 Å². The minimum atomic E-state index is 0.0799. The zero-order chi connectivity index (χ0) is 15.3. The van der Waals surface area contributed by atoms with E-state index >= 15 is 0 Å². The minimum absolute atomic E-state index is 0.0799. The summed E-state index contributed by atoms with van der Waals surface area (Å²) in [5.74, 6) is 0.931. The number of oxime groups is 1. The molecule has 1 unspecified atom stereocenters. The van der Waals surface area contributed by atoms with Gasteiger partial charge in [-0.2, -0.15) is 5.10 Å². The number of rotatable bonds is 7. The molecular formula is C13H25N5O2. The van der Waals surface area contributed by atoms with E-state index in [0.717, 1.165) is 24.5 Å². The third kappa shape index (κ3) is 3.22. The van der Waals surface area contributed by atoms with E-state index in [2.05, 4.69) is 29.0 Å². The fraction of sp³-hybridized carbons (Fsp3) is 0.692. The molecule has 0 aliphatic carbocycles. The van der Waals surface area contributed by atoms with Crippen molar-refractivity contribution in [2.24, 2.45) is 17.9 Å². The van der Waals surface area contributed by atoms with Gasteiger partial charge in [0, 0.05) is 26.7 Å². The monoisotopic (exact) mass is 283 g/mol. The van der Waals surface area contributed by atoms with Gasteiger partial charge in [0.2, 0.25) is 0 Å². The van der Waals surface area contributed by atoms with E-state index in [-0.39, 0.29) is 5.84 Å². The third-order valence-corrected chi connectivity index (χ3v) is 3.49. The lowest BCUT2D eigenvalue weighted by Crippen LogP contribution is -2.38. The molecule has 1 aromatic rings. The molecule has 1 atom stereocenters. The van der Waals surface area contributed by atoms with E-state index in [1.165, 1.54) is 0 Å². The predicted molar refractivity (Wildman–Crippen MR) is 79.4 cm³/mol. The summed E-state index contributed by atoms with van der Waals surface area (Å²) in [4.78, 5) is 2.18. The van der Waals surface area contributed by atoms with Crippen molar-refractivity contribution in [3.8, 4) is 0 Å². The molecule has 0 radical (unpaired) electrons. The van der Waals surface area contributed by atoms with Crippen LogP contribution in [0, 0.1) is 6.92 Å². The molecule has 1 aromatic heterocycles. The van der Waals surface area contributed by atoms with Crippen LogP contribution in [0.2, 0.25) is 0 Å². The van der Waals surface area contributed by atoms with E-state index in [1.807, 2.05) is 14.0 Å². The Morgan fingerprint density at radius 2 is 2.25 bits per heavy atom. The molecule has 1 heterocycles. The maximum atomic E-state index is 8.98. The van der Waals surface area contributed by atoms with Gasteiger partial charge < -0.3 is 20.6 Å². The molecule has 0 bridgehead atoms. The summed E-state index contributed by atoms with van der Waals surface area (Å²) in [6.45, 7) is 7.42. The summed E-state index contributed by atoms with van der Waals surface area (Å²) in [7, 11) is 3.53. The molecule has 1 rings (SSSR count). The molecule has 3 N–H and O–H groups in total. The zero-order valence-corrected chi connectivity index (χ0v) is 12.9. The topological polar surface area (TPSA) is 88.9 Å². The Hall–Kier alpha value is -1.76. The lowest BCUT2D eigenvalue weighted by atomic mass is 10.1. The summed E-state index contributed by atoms with van der Waals surface area (Å²) in [5, 5.41) is 16.5. The standard InChI is InChI=1S/C13H25N5O2/c1-6-9(2)18(7-8-20-5)13-11(12(14)16-19)10(3)15-17(13)4/h9,19H,6-8H2,1-5H3,(H2,14,16). The van der Waals surface area contributed by atoms with Gasteiger partial charge in [0.15, 0.2) is 5.84 Å². The SMILES string of the molecule is CCC(C)N(CCOC)c1c(C(N)=NO)c(C)nn1C. The highest BCUT2D eigenvalue weighted by atomic mass is 16.5. The quantitative estimate of drug-likeness (QED) is 0.338. The zero-order valence-electron chi connectivity index (χ0n) is 12.9. The number of anilines is 1. The average Bonchev–Trinajstić information content (AvgIpc) is 2.73. The van der Waals surface area contributed by atoms with Crippen molar-refractivity contribution in [2.45, 2.75) is 33.2 Å². The highest BCUT2D eigenvalue weighted by Crippen LogP contribution is 2.25. The number of hydrogen-bond donors (Lipinski definition) is 2. The minimum Gasteiger partial charge on any atom is -0.409 e. The molecule has 0 aliphatic heterocycles. The van der Waals surface area contributed by atoms with Gasteiger partial charge >= 0.3 is 0 Å². The number of aryl methyl sites for hydroxylation is 2. The molecule has 7 heteroatoms. The number of nitrogens with zero attached hydrogens (tertiary/aromatic N) is 4. The van der Waals surface area contributed by atoms with Crippen molar-refractivity contribution in [3.05, 3.63) is 11.3 Å². The molecule has 0 aromatic carbocycles. The van der Waals surface area contributed by atoms with Crippen LogP contribution < -0.4 is 10.6 Å². The largest absolute Gasteiger partial charge is 0.409 e. The first-order valence-corrected chi connectivity index (χ1v) is 6.74. The Morgan fingerprint density at radius 3 is 2.75 bits per heavy atom. The molecule has 7 nitrogen and oxygen atoms in total. The van der Waals surface area contributed by atoms with Gasteiger partial charge in [-0.3, -0.25) is 4.68 Å². The molecule has 0 saturated carbocycles. The van der Waals surface area contributed by atoms with E-state index in [4.69, 9.17) is 15.7 Å². The molecule has 0 fully saturated rings. The van der Waals surface area contributed by atoms with Crippen LogP contribution in [0.5, 0.6) is 0 Å². The van der Waals surface area contributed by atoms with E-state index in [9.17, 15) is 0 Å². The predicted octanol–water partition coefficient (Wildman–Crippen LogP) is 1.07. The summed E-state index contributed by atoms with van der Waals surface area (Å²) in [6, 6.07) is 0.296. The smallest absolute Gasteiger partial charge is 0.175 e. The maximum absolute atomic E-state index is 8.98. The number of nitrogens with two attached hydrogens (primary N) is 1. The van der Waals surface area contributed by atoms with E-state index in [1.54, 1.807) is 11.8 Å². The van der Waals surface area contributed by atoms with Gasteiger partial charge in [0.25, 0.3) is 0 Å². The first-order chi connectivity index (χ1) is 9.47. The van der Waals surface area contributed by atoms with Crippen LogP contribution in [0.3, 0.4) is 0 Å². The molecule has 0 spiro atoms. The number of amidine groups is 1. The van der Waals surface area contributed by atoms with Gasteiger partial charge in [0.05, 0.1) is 17.9 Å². The fourth-order valence-electron chi connectivity index (χ4n) is 2.27. The highest BCUT2D eigenvalue weighted by molar-refractivity contribution is 6.02. The van der Waals surface area contributed by atoms with Crippen LogP contribution in [-0.4, -0.2) is 47.1 Å². The first kappa shape index (κ1) is 16.3. The Morgan fingerprint density at radius 1 is 1.60 bits per heavy atom. The van der Waals surface area contributed by atoms with Gasteiger partial charge in [-0.1, -0.05) is 12.1 Å². The molecule has 0 amide bonds. The third-order valence-electron chi connectivity index (χ3n) is 3.49. The fourth-order valence-corrected chi connectivity index (χ4v) is 2.27. The van der Waals surface area contributed by atoms with Crippen molar-refractivity contribution in [1.29, 1.82) is 0 Å². The Kier molecular flexibility index (Phi) is 5.82. The van der Waals surface area contributed by atoms with Gasteiger partial charge in [-0.25, -0.2) is 0 Å². The summed E-state index contributed by atoms with van der Waals surface area (Å²) in [6.07, 6.45) is 0.976. The number of hydrogen-bond acceptors (Lipinski definition) is 5. The van der Waals surface area contributed by atoms with Crippen molar-refractivity contribution in [3.63, 3.8) is 0 Å². The van der Waals surface area contributed by atoms with Crippen LogP contribution in [0.4, 0.5) is 5.82 Å². The van der Waals surface area contributed by atoms with Crippen LogP contribution in [0.25, 0.3) is 0 Å².